The van der Waals surface area contributed by atoms with Crippen molar-refractivity contribution < 1.29 is 14.3 Å². The zero-order valence-electron chi connectivity index (χ0n) is 27.8. The van der Waals surface area contributed by atoms with Crippen molar-refractivity contribution in [1.29, 1.82) is 0 Å². The Balaban J connectivity index is 1.08. The van der Waals surface area contributed by atoms with E-state index in [1.165, 1.54) is 77.0 Å². The fourth-order valence-electron chi connectivity index (χ4n) is 10.7. The summed E-state index contributed by atoms with van der Waals surface area (Å²) >= 11 is 0. The summed E-state index contributed by atoms with van der Waals surface area (Å²) in [5, 5.41) is 0. The molecule has 5 rings (SSSR count). The molecule has 0 spiro atoms. The molecule has 5 heteroatoms. The van der Waals surface area contributed by atoms with Crippen molar-refractivity contribution in [3.05, 3.63) is 35.9 Å². The molecule has 9 atom stereocenters. The van der Waals surface area contributed by atoms with E-state index in [0.29, 0.717) is 40.5 Å². The fraction of sp³-hybridized carbons (Fsp3) is 0.763. The van der Waals surface area contributed by atoms with Gasteiger partial charge in [-0.25, -0.2) is 4.79 Å². The predicted octanol–water partition coefficient (Wildman–Crippen LogP) is 9.07. The number of fused-ring (bicyclic) bond motifs is 5. The number of ether oxygens (including phenoxy) is 2. The van der Waals surface area contributed by atoms with Crippen LogP contribution in [0.15, 0.2) is 30.4 Å². The molecule has 0 radical (unpaired) electrons. The summed E-state index contributed by atoms with van der Waals surface area (Å²) in [5.74, 6) is 5.83. The van der Waals surface area contributed by atoms with E-state index < -0.39 is 5.97 Å². The largest absolute Gasteiger partial charge is 0.458 e. The SMILES string of the molecule is CC(C)CCCC(C)C1CCC2C3CCC4CC(OCC=CCOC(=O)c5cc(N)cc(N)c5)CCC4(C)C3CCC12C. The molecule has 4 aliphatic carbocycles. The van der Waals surface area contributed by atoms with Crippen LogP contribution >= 0.6 is 0 Å². The van der Waals surface area contributed by atoms with Gasteiger partial charge in [0, 0.05) is 11.4 Å². The molecule has 240 valence electrons. The molecule has 0 bridgehead atoms. The van der Waals surface area contributed by atoms with Crippen LogP contribution < -0.4 is 11.5 Å². The molecule has 4 N–H and O–H groups in total. The number of carbonyl (C=O) groups is 1. The third-order valence-electron chi connectivity index (χ3n) is 12.9. The molecule has 4 fully saturated rings. The lowest BCUT2D eigenvalue weighted by Gasteiger charge is -2.61. The van der Waals surface area contributed by atoms with Gasteiger partial charge in [-0.05, 0) is 134 Å². The van der Waals surface area contributed by atoms with Crippen LogP contribution in [0.25, 0.3) is 0 Å². The maximum atomic E-state index is 12.3. The molecule has 0 saturated heterocycles. The van der Waals surface area contributed by atoms with Crippen LogP contribution in [0, 0.1) is 52.3 Å². The van der Waals surface area contributed by atoms with Crippen molar-refractivity contribution in [2.24, 2.45) is 52.3 Å². The van der Waals surface area contributed by atoms with Gasteiger partial charge in [0.1, 0.15) is 6.61 Å². The summed E-state index contributed by atoms with van der Waals surface area (Å²) in [7, 11) is 0. The Hall–Kier alpha value is -2.01. The summed E-state index contributed by atoms with van der Waals surface area (Å²) in [6.07, 6.45) is 20.8. The predicted molar refractivity (Wildman–Crippen MR) is 177 cm³/mol. The van der Waals surface area contributed by atoms with E-state index in [4.69, 9.17) is 20.9 Å². The second-order valence-electron chi connectivity index (χ2n) is 15.9. The first-order valence-electron chi connectivity index (χ1n) is 17.6. The van der Waals surface area contributed by atoms with Gasteiger partial charge in [0.25, 0.3) is 0 Å². The Kier molecular flexibility index (Phi) is 10.2. The second kappa shape index (κ2) is 13.5. The van der Waals surface area contributed by atoms with Crippen LogP contribution in [-0.4, -0.2) is 25.3 Å². The summed E-state index contributed by atoms with van der Waals surface area (Å²) in [5.41, 5.74) is 13.9. The van der Waals surface area contributed by atoms with E-state index in [0.717, 1.165) is 41.4 Å². The zero-order valence-corrected chi connectivity index (χ0v) is 27.8. The number of rotatable bonds is 11. The first-order valence-corrected chi connectivity index (χ1v) is 17.6. The molecule has 4 saturated carbocycles. The van der Waals surface area contributed by atoms with Crippen LogP contribution in [0.2, 0.25) is 0 Å². The number of esters is 1. The summed E-state index contributed by atoms with van der Waals surface area (Å²) in [4.78, 5) is 12.3. The van der Waals surface area contributed by atoms with Crippen molar-refractivity contribution in [3.8, 4) is 0 Å². The Labute approximate surface area is 261 Å². The van der Waals surface area contributed by atoms with Crippen LogP contribution in [-0.2, 0) is 9.47 Å². The highest BCUT2D eigenvalue weighted by Crippen LogP contribution is 2.68. The molecule has 5 nitrogen and oxygen atoms in total. The number of hydrogen-bond acceptors (Lipinski definition) is 5. The minimum atomic E-state index is -0.418. The summed E-state index contributed by atoms with van der Waals surface area (Å²) in [6, 6.07) is 4.80. The van der Waals surface area contributed by atoms with Crippen LogP contribution in [0.1, 0.15) is 122 Å². The zero-order chi connectivity index (χ0) is 30.8. The summed E-state index contributed by atoms with van der Waals surface area (Å²) < 4.78 is 11.7. The average molecular weight is 593 g/mol. The van der Waals surface area contributed by atoms with Gasteiger partial charge in [-0.1, -0.05) is 60.0 Å². The van der Waals surface area contributed by atoms with Gasteiger partial charge < -0.3 is 20.9 Å². The average Bonchev–Trinajstić information content (AvgIpc) is 3.31. The summed E-state index contributed by atoms with van der Waals surface area (Å²) in [6.45, 7) is 13.5. The van der Waals surface area contributed by atoms with Crippen molar-refractivity contribution in [2.75, 3.05) is 24.7 Å². The fourth-order valence-corrected chi connectivity index (χ4v) is 10.7. The van der Waals surface area contributed by atoms with Crippen molar-refractivity contribution in [2.45, 2.75) is 118 Å². The van der Waals surface area contributed by atoms with E-state index in [-0.39, 0.29) is 6.61 Å². The molecule has 0 aromatic heterocycles. The highest BCUT2D eigenvalue weighted by molar-refractivity contribution is 5.91. The van der Waals surface area contributed by atoms with Crippen molar-refractivity contribution in [1.82, 2.24) is 0 Å². The maximum Gasteiger partial charge on any atom is 0.338 e. The smallest absolute Gasteiger partial charge is 0.338 e. The van der Waals surface area contributed by atoms with Gasteiger partial charge in [-0.3, -0.25) is 0 Å². The molecule has 0 heterocycles. The van der Waals surface area contributed by atoms with Crippen LogP contribution in [0.5, 0.6) is 0 Å². The monoisotopic (exact) mass is 592 g/mol. The highest BCUT2D eigenvalue weighted by Gasteiger charge is 2.60. The van der Waals surface area contributed by atoms with Crippen molar-refractivity contribution in [3.63, 3.8) is 0 Å². The molecule has 1 aromatic carbocycles. The molecule has 43 heavy (non-hydrogen) atoms. The number of benzene rings is 1. The van der Waals surface area contributed by atoms with Crippen LogP contribution in [0.3, 0.4) is 0 Å². The normalized spacial score (nSPS) is 36.2. The lowest BCUT2D eigenvalue weighted by Crippen LogP contribution is -2.54. The molecular weight excluding hydrogens is 532 g/mol. The third-order valence-corrected chi connectivity index (χ3v) is 12.9. The molecule has 0 aliphatic heterocycles. The van der Waals surface area contributed by atoms with E-state index in [1.54, 1.807) is 18.2 Å². The number of anilines is 2. The molecule has 0 amide bonds. The maximum absolute atomic E-state index is 12.3. The number of hydrogen-bond donors (Lipinski definition) is 2. The van der Waals surface area contributed by atoms with E-state index in [2.05, 4.69) is 34.6 Å². The van der Waals surface area contributed by atoms with Crippen LogP contribution in [0.4, 0.5) is 11.4 Å². The van der Waals surface area contributed by atoms with E-state index >= 15 is 0 Å². The van der Waals surface area contributed by atoms with Gasteiger partial charge in [-0.15, -0.1) is 0 Å². The van der Waals surface area contributed by atoms with E-state index in [1.807, 2.05) is 12.2 Å². The standard InChI is InChI=1S/C38H60N2O3/c1-25(2)9-8-10-26(3)33-13-14-34-32-12-11-28-23-31(15-17-37(28,4)35(32)16-18-38(33,34)5)42-19-6-7-20-43-36(41)27-21-29(39)24-30(40)22-27/h6-7,21-22,24-26,28,31-35H,8-20,23,39-40H2,1-5H3. The minimum Gasteiger partial charge on any atom is -0.458 e. The molecule has 4 aliphatic rings. The minimum absolute atomic E-state index is 0.211. The Morgan fingerprint density at radius 1 is 0.884 bits per heavy atom. The lowest BCUT2D eigenvalue weighted by molar-refractivity contribution is -0.135. The van der Waals surface area contributed by atoms with Crippen molar-refractivity contribution >= 4 is 17.3 Å². The number of carbonyl (C=O) groups excluding carboxylic acids is 1. The number of nitrogens with two attached hydrogens (primary N) is 2. The topological polar surface area (TPSA) is 87.6 Å². The van der Waals surface area contributed by atoms with Gasteiger partial charge >= 0.3 is 5.97 Å². The Morgan fingerprint density at radius 2 is 1.58 bits per heavy atom. The molecule has 1 aromatic rings. The third kappa shape index (κ3) is 6.97. The Morgan fingerprint density at radius 3 is 2.33 bits per heavy atom. The highest BCUT2D eigenvalue weighted by atomic mass is 16.5. The van der Waals surface area contributed by atoms with E-state index in [9.17, 15) is 4.79 Å². The number of nitrogen functional groups attached to an aromatic ring is 2. The first-order chi connectivity index (χ1) is 20.5. The van der Waals surface area contributed by atoms with Gasteiger partial charge in [-0.2, -0.15) is 0 Å². The molecular formula is C38H60N2O3. The quantitative estimate of drug-likeness (QED) is 0.152. The van der Waals surface area contributed by atoms with Gasteiger partial charge in [0.2, 0.25) is 0 Å². The molecule has 9 unspecified atom stereocenters. The van der Waals surface area contributed by atoms with Gasteiger partial charge in [0.05, 0.1) is 18.3 Å². The van der Waals surface area contributed by atoms with Gasteiger partial charge in [0.15, 0.2) is 0 Å². The first kappa shape index (κ1) is 32.4. The lowest BCUT2D eigenvalue weighted by atomic mass is 9.44. The second-order valence-corrected chi connectivity index (χ2v) is 15.9. The Bertz CT molecular complexity index is 1110.